The highest BCUT2D eigenvalue weighted by Gasteiger charge is 2.33. The molecule has 0 unspecified atom stereocenters. The number of rotatable bonds is 5. The number of carbonyl (C=O) groups is 1. The van der Waals surface area contributed by atoms with Crippen LogP contribution in [0.1, 0.15) is 24.0 Å². The molecule has 29 heavy (non-hydrogen) atoms. The number of benzene rings is 2. The Morgan fingerprint density at radius 2 is 1.79 bits per heavy atom. The Bertz CT molecular complexity index is 1020. The van der Waals surface area contributed by atoms with Gasteiger partial charge < -0.3 is 4.90 Å². The zero-order valence-electron chi connectivity index (χ0n) is 16.1. The molecule has 2 aromatic rings. The zero-order valence-corrected chi connectivity index (χ0v) is 16.9. The van der Waals surface area contributed by atoms with Gasteiger partial charge in [-0.05, 0) is 43.2 Å². The smallest absolute Gasteiger partial charge is 0.243 e. The summed E-state index contributed by atoms with van der Waals surface area (Å²) < 4.78 is 40.8. The van der Waals surface area contributed by atoms with Gasteiger partial charge in [-0.25, -0.2) is 12.8 Å². The molecule has 0 spiro atoms. The lowest BCUT2D eigenvalue weighted by Crippen LogP contribution is -2.43. The third-order valence-corrected chi connectivity index (χ3v) is 7.08. The summed E-state index contributed by atoms with van der Waals surface area (Å²) in [6.07, 6.45) is 0.825. The molecule has 0 atom stereocenters. The van der Waals surface area contributed by atoms with Gasteiger partial charge in [-0.15, -0.1) is 0 Å². The number of hydrogen-bond donors (Lipinski definition) is 0. The first-order chi connectivity index (χ1) is 13.8. The first kappa shape index (κ1) is 21.0. The van der Waals surface area contributed by atoms with Gasteiger partial charge in [0.2, 0.25) is 15.9 Å². The van der Waals surface area contributed by atoms with Crippen LogP contribution < -0.4 is 0 Å². The fraction of sp³-hybridized carbons (Fsp3) is 0.333. The van der Waals surface area contributed by atoms with Crippen LogP contribution in [-0.2, 0) is 21.4 Å². The maximum atomic E-state index is 13.8. The molecular weight excluding hydrogens is 393 g/mol. The number of nitrogens with zero attached hydrogens (tertiary/aromatic N) is 3. The highest BCUT2D eigenvalue weighted by Crippen LogP contribution is 2.25. The lowest BCUT2D eigenvalue weighted by Gasteiger charge is -2.32. The number of halogens is 1. The van der Waals surface area contributed by atoms with E-state index >= 15 is 0 Å². The summed E-state index contributed by atoms with van der Waals surface area (Å²) in [6.45, 7) is 0.661. The van der Waals surface area contributed by atoms with Gasteiger partial charge in [-0.2, -0.15) is 9.57 Å². The second-order valence-electron chi connectivity index (χ2n) is 7.10. The summed E-state index contributed by atoms with van der Waals surface area (Å²) in [5.74, 6) is -0.752. The molecule has 152 valence electrons. The summed E-state index contributed by atoms with van der Waals surface area (Å²) in [6, 6.07) is 14.1. The van der Waals surface area contributed by atoms with E-state index in [1.165, 1.54) is 39.5 Å². The maximum absolute atomic E-state index is 13.8. The minimum absolute atomic E-state index is 0.108. The Hall–Kier alpha value is -2.76. The van der Waals surface area contributed by atoms with Crippen molar-refractivity contribution in [2.45, 2.75) is 24.3 Å². The second kappa shape index (κ2) is 8.72. The molecule has 8 heteroatoms. The van der Waals surface area contributed by atoms with Crippen LogP contribution in [0, 0.1) is 23.1 Å². The van der Waals surface area contributed by atoms with Gasteiger partial charge in [0.25, 0.3) is 0 Å². The minimum atomic E-state index is -3.66. The average Bonchev–Trinajstić information content (AvgIpc) is 2.75. The summed E-state index contributed by atoms with van der Waals surface area (Å²) in [5, 5.41) is 8.85. The topological polar surface area (TPSA) is 81.5 Å². The molecule has 0 aromatic heterocycles. The molecule has 1 heterocycles. The van der Waals surface area contributed by atoms with Gasteiger partial charge in [0.15, 0.2) is 0 Å². The normalized spacial score (nSPS) is 15.6. The molecule has 1 saturated heterocycles. The highest BCUT2D eigenvalue weighted by molar-refractivity contribution is 7.89. The predicted molar refractivity (Wildman–Crippen MR) is 106 cm³/mol. The van der Waals surface area contributed by atoms with Crippen LogP contribution in [0.25, 0.3) is 0 Å². The second-order valence-corrected chi connectivity index (χ2v) is 9.04. The monoisotopic (exact) mass is 415 g/mol. The summed E-state index contributed by atoms with van der Waals surface area (Å²) in [4.78, 5) is 14.3. The van der Waals surface area contributed by atoms with Gasteiger partial charge in [0, 0.05) is 38.2 Å². The van der Waals surface area contributed by atoms with Crippen molar-refractivity contribution in [1.29, 1.82) is 5.26 Å². The highest BCUT2D eigenvalue weighted by atomic mass is 32.2. The number of carbonyl (C=O) groups excluding carboxylic acids is 1. The largest absolute Gasteiger partial charge is 0.341 e. The number of sulfonamides is 1. The molecule has 6 nitrogen and oxygen atoms in total. The Morgan fingerprint density at radius 3 is 2.38 bits per heavy atom. The van der Waals surface area contributed by atoms with E-state index in [-0.39, 0.29) is 42.2 Å². The molecule has 1 aliphatic heterocycles. The molecule has 0 saturated carbocycles. The van der Waals surface area contributed by atoms with E-state index in [1.807, 2.05) is 6.07 Å². The number of amides is 1. The average molecular weight is 415 g/mol. The van der Waals surface area contributed by atoms with Crippen LogP contribution in [0.5, 0.6) is 0 Å². The van der Waals surface area contributed by atoms with E-state index < -0.39 is 10.0 Å². The van der Waals surface area contributed by atoms with E-state index in [9.17, 15) is 17.6 Å². The van der Waals surface area contributed by atoms with E-state index in [2.05, 4.69) is 0 Å². The molecule has 2 aromatic carbocycles. The van der Waals surface area contributed by atoms with Crippen molar-refractivity contribution in [2.75, 3.05) is 20.1 Å². The van der Waals surface area contributed by atoms with Gasteiger partial charge in [-0.1, -0.05) is 18.2 Å². The van der Waals surface area contributed by atoms with E-state index in [1.54, 1.807) is 25.2 Å². The van der Waals surface area contributed by atoms with E-state index in [0.717, 1.165) is 0 Å². The first-order valence-corrected chi connectivity index (χ1v) is 10.8. The minimum Gasteiger partial charge on any atom is -0.341 e. The van der Waals surface area contributed by atoms with Crippen molar-refractivity contribution in [3.63, 3.8) is 0 Å². The summed E-state index contributed by atoms with van der Waals surface area (Å²) in [5.41, 5.74) is 0.843. The molecule has 0 N–H and O–H groups in total. The van der Waals surface area contributed by atoms with E-state index in [0.29, 0.717) is 24.0 Å². The van der Waals surface area contributed by atoms with Crippen molar-refractivity contribution in [3.05, 3.63) is 65.5 Å². The molecule has 1 fully saturated rings. The van der Waals surface area contributed by atoms with Crippen LogP contribution in [0.15, 0.2) is 53.4 Å². The van der Waals surface area contributed by atoms with Crippen LogP contribution in [0.4, 0.5) is 4.39 Å². The molecule has 0 bridgehead atoms. The third-order valence-electron chi connectivity index (χ3n) is 5.17. The van der Waals surface area contributed by atoms with Crippen LogP contribution in [-0.4, -0.2) is 43.7 Å². The maximum Gasteiger partial charge on any atom is 0.243 e. The number of hydrogen-bond acceptors (Lipinski definition) is 4. The summed E-state index contributed by atoms with van der Waals surface area (Å²) in [7, 11) is -2.03. The number of piperidine rings is 1. The fourth-order valence-corrected chi connectivity index (χ4v) is 4.94. The molecular formula is C21H22FN3O3S. The quantitative estimate of drug-likeness (QED) is 0.752. The van der Waals surface area contributed by atoms with Gasteiger partial charge in [-0.3, -0.25) is 4.79 Å². The van der Waals surface area contributed by atoms with Crippen LogP contribution >= 0.6 is 0 Å². The molecule has 0 aliphatic carbocycles. The molecule has 0 radical (unpaired) electrons. The predicted octanol–water partition coefficient (Wildman–Crippen LogP) is 2.76. The Kier molecular flexibility index (Phi) is 6.30. The van der Waals surface area contributed by atoms with Crippen molar-refractivity contribution >= 4 is 15.9 Å². The van der Waals surface area contributed by atoms with Crippen molar-refractivity contribution < 1.29 is 17.6 Å². The zero-order chi connectivity index (χ0) is 21.0. The molecule has 1 aliphatic rings. The standard InChI is InChI=1S/C21H22FN3O3S/c1-24(15-18-4-2-3-5-20(18)22)21(26)17-10-12-25(13-11-17)29(27,28)19-8-6-16(14-23)7-9-19/h2-9,17H,10-13,15H2,1H3. The molecule has 1 amide bonds. The van der Waals surface area contributed by atoms with Crippen molar-refractivity contribution in [2.24, 2.45) is 5.92 Å². The number of nitriles is 1. The third kappa shape index (κ3) is 4.63. The van der Waals surface area contributed by atoms with Crippen LogP contribution in [0.3, 0.4) is 0 Å². The Balaban J connectivity index is 1.61. The van der Waals surface area contributed by atoms with Crippen molar-refractivity contribution in [1.82, 2.24) is 9.21 Å². The van der Waals surface area contributed by atoms with Crippen LogP contribution in [0.2, 0.25) is 0 Å². The lowest BCUT2D eigenvalue weighted by atomic mass is 9.96. The Morgan fingerprint density at radius 1 is 1.17 bits per heavy atom. The molecule has 3 rings (SSSR count). The Labute approximate surface area is 170 Å². The SMILES string of the molecule is CN(Cc1ccccc1F)C(=O)C1CCN(S(=O)(=O)c2ccc(C#N)cc2)CC1. The lowest BCUT2D eigenvalue weighted by molar-refractivity contribution is -0.136. The summed E-state index contributed by atoms with van der Waals surface area (Å²) >= 11 is 0. The first-order valence-electron chi connectivity index (χ1n) is 9.31. The fourth-order valence-electron chi connectivity index (χ4n) is 3.47. The van der Waals surface area contributed by atoms with E-state index in [4.69, 9.17) is 5.26 Å². The van der Waals surface area contributed by atoms with Crippen molar-refractivity contribution in [3.8, 4) is 6.07 Å². The van der Waals surface area contributed by atoms with Gasteiger partial charge in [0.1, 0.15) is 5.82 Å². The van der Waals surface area contributed by atoms with Gasteiger partial charge in [0.05, 0.1) is 16.5 Å². The van der Waals surface area contributed by atoms with Gasteiger partial charge >= 0.3 is 0 Å².